The maximum atomic E-state index is 8.76. The molecule has 62 valence electrons. The molecule has 0 saturated heterocycles. The fourth-order valence-electron chi connectivity index (χ4n) is 1.36. The van der Waals surface area contributed by atoms with Crippen molar-refractivity contribution in [3.05, 3.63) is 45.8 Å². The van der Waals surface area contributed by atoms with Gasteiger partial charge in [0.25, 0.3) is 0 Å². The van der Waals surface area contributed by atoms with Crippen molar-refractivity contribution in [1.82, 2.24) is 0 Å². The Morgan fingerprint density at radius 2 is 1.77 bits per heavy atom. The zero-order chi connectivity index (χ0) is 9.26. The number of diazo groups is 1. The molecule has 2 aromatic rings. The largest absolute Gasteiger partial charge is 0.393 e. The van der Waals surface area contributed by atoms with Crippen LogP contribution in [0.5, 0.6) is 0 Å². The summed E-state index contributed by atoms with van der Waals surface area (Å²) in [4.78, 5) is 3.23. The van der Waals surface area contributed by atoms with E-state index in [9.17, 15) is 0 Å². The molecule has 0 aliphatic carbocycles. The van der Waals surface area contributed by atoms with Crippen LogP contribution in [-0.2, 0) is 0 Å². The minimum atomic E-state index is 0.588. The molecule has 0 aromatic heterocycles. The quantitative estimate of drug-likeness (QED) is 0.631. The van der Waals surface area contributed by atoms with Crippen LogP contribution >= 0.6 is 15.9 Å². The van der Waals surface area contributed by atoms with Gasteiger partial charge in [-0.2, -0.15) is 0 Å². The average Bonchev–Trinajstić information content (AvgIpc) is 2.17. The van der Waals surface area contributed by atoms with E-state index in [4.69, 9.17) is 5.39 Å². The number of benzene rings is 2. The predicted octanol–water partition coefficient (Wildman–Crippen LogP) is 4.09. The molecule has 0 amide bonds. The Labute approximate surface area is 83.9 Å². The predicted molar refractivity (Wildman–Crippen MR) is 56.4 cm³/mol. The highest BCUT2D eigenvalue weighted by Crippen LogP contribution is 2.32. The van der Waals surface area contributed by atoms with Gasteiger partial charge in [0, 0.05) is 10.5 Å². The van der Waals surface area contributed by atoms with Gasteiger partial charge in [-0.15, -0.1) is 0 Å². The first kappa shape index (κ1) is 8.21. The maximum Gasteiger partial charge on any atom is 0.393 e. The zero-order valence-corrected chi connectivity index (χ0v) is 8.32. The Morgan fingerprint density at radius 1 is 1.08 bits per heavy atom. The molecule has 0 fully saturated rings. The lowest BCUT2D eigenvalue weighted by Crippen LogP contribution is -1.73. The third-order valence-corrected chi connectivity index (χ3v) is 2.60. The number of nitrogens with zero attached hydrogens (tertiary/aromatic N) is 2. The molecule has 2 nitrogen and oxygen atoms in total. The monoisotopic (exact) mass is 233 g/mol. The van der Waals surface area contributed by atoms with Gasteiger partial charge in [0.2, 0.25) is 5.39 Å². The minimum Gasteiger partial charge on any atom is -0.0605 e. The summed E-state index contributed by atoms with van der Waals surface area (Å²) in [7, 11) is 0. The summed E-state index contributed by atoms with van der Waals surface area (Å²) in [5, 5.41) is 10.8. The Balaban J connectivity index is 2.97. The van der Waals surface area contributed by atoms with Crippen LogP contribution in [0.15, 0.2) is 40.9 Å². The second-order valence-corrected chi connectivity index (χ2v) is 3.57. The Kier molecular flexibility index (Phi) is 1.99. The highest BCUT2D eigenvalue weighted by Gasteiger charge is 2.12. The number of hydrogen-bond acceptors (Lipinski definition) is 1. The van der Waals surface area contributed by atoms with Crippen LogP contribution in [-0.4, -0.2) is 0 Å². The first-order valence-corrected chi connectivity index (χ1v) is 4.64. The fourth-order valence-corrected chi connectivity index (χ4v) is 1.94. The lowest BCUT2D eigenvalue weighted by Gasteiger charge is -1.95. The minimum absolute atomic E-state index is 0.588. The Morgan fingerprint density at radius 3 is 2.46 bits per heavy atom. The summed E-state index contributed by atoms with van der Waals surface area (Å²) >= 11 is 3.42. The summed E-state index contributed by atoms with van der Waals surface area (Å²) in [5.41, 5.74) is 0.588. The van der Waals surface area contributed by atoms with Gasteiger partial charge in [-0.1, -0.05) is 24.3 Å². The Hall–Kier alpha value is -1.40. The van der Waals surface area contributed by atoms with Crippen molar-refractivity contribution in [2.45, 2.75) is 0 Å². The number of rotatable bonds is 0. The van der Waals surface area contributed by atoms with Gasteiger partial charge in [-0.3, -0.25) is 0 Å². The zero-order valence-electron chi connectivity index (χ0n) is 6.74. The molecule has 2 aromatic carbocycles. The molecule has 2 rings (SSSR count). The highest BCUT2D eigenvalue weighted by molar-refractivity contribution is 9.10. The van der Waals surface area contributed by atoms with Gasteiger partial charge >= 0.3 is 5.69 Å². The van der Waals surface area contributed by atoms with Crippen molar-refractivity contribution < 1.29 is 0 Å². The van der Waals surface area contributed by atoms with Crippen LogP contribution in [0.4, 0.5) is 5.69 Å². The standard InChI is InChI=1S/C10H6BrN2/c11-8-5-1-3-7-4-2-6-9(13-12)10(7)8/h1-6H/q+1. The summed E-state index contributed by atoms with van der Waals surface area (Å²) in [6.07, 6.45) is 0. The van der Waals surface area contributed by atoms with Crippen molar-refractivity contribution >= 4 is 32.4 Å². The van der Waals surface area contributed by atoms with Crippen LogP contribution in [0.3, 0.4) is 0 Å². The SMILES string of the molecule is N#[N+]c1cccc2cccc(Br)c12. The lowest BCUT2D eigenvalue weighted by atomic mass is 10.1. The maximum absolute atomic E-state index is 8.76. The molecular formula is C10H6BrN2+. The number of halogens is 1. The van der Waals surface area contributed by atoms with Crippen LogP contribution in [0.1, 0.15) is 0 Å². The van der Waals surface area contributed by atoms with Gasteiger partial charge < -0.3 is 0 Å². The molecule has 0 radical (unpaired) electrons. The van der Waals surface area contributed by atoms with Crippen molar-refractivity contribution in [2.75, 3.05) is 0 Å². The summed E-state index contributed by atoms with van der Waals surface area (Å²) < 4.78 is 0.943. The normalized spacial score (nSPS) is 9.85. The van der Waals surface area contributed by atoms with E-state index >= 15 is 0 Å². The topological polar surface area (TPSA) is 28.1 Å². The van der Waals surface area contributed by atoms with Crippen LogP contribution in [0.25, 0.3) is 15.7 Å². The first-order chi connectivity index (χ1) is 6.33. The fraction of sp³-hybridized carbons (Fsp3) is 0. The van der Waals surface area contributed by atoms with Gasteiger partial charge in [0.05, 0.1) is 5.39 Å². The molecule has 0 atom stereocenters. The molecule has 13 heavy (non-hydrogen) atoms. The summed E-state index contributed by atoms with van der Waals surface area (Å²) in [6, 6.07) is 11.5. The van der Waals surface area contributed by atoms with E-state index in [1.54, 1.807) is 6.07 Å². The molecule has 0 N–H and O–H groups in total. The van der Waals surface area contributed by atoms with Crippen molar-refractivity contribution in [3.8, 4) is 0 Å². The molecular weight excluding hydrogens is 228 g/mol. The third kappa shape index (κ3) is 1.30. The van der Waals surface area contributed by atoms with Crippen molar-refractivity contribution in [2.24, 2.45) is 0 Å². The van der Waals surface area contributed by atoms with Crippen LogP contribution in [0, 0.1) is 5.39 Å². The molecule has 3 heteroatoms. The molecule has 0 heterocycles. The van der Waals surface area contributed by atoms with E-state index in [1.807, 2.05) is 30.3 Å². The lowest BCUT2D eigenvalue weighted by molar-refractivity contribution is 1.47. The van der Waals surface area contributed by atoms with E-state index in [0.29, 0.717) is 5.69 Å². The van der Waals surface area contributed by atoms with Gasteiger partial charge in [-0.05, 0) is 27.4 Å². The van der Waals surface area contributed by atoms with E-state index in [1.165, 1.54) is 0 Å². The second-order valence-electron chi connectivity index (χ2n) is 2.72. The second kappa shape index (κ2) is 3.15. The first-order valence-electron chi connectivity index (χ1n) is 3.85. The average molecular weight is 234 g/mol. The van der Waals surface area contributed by atoms with Crippen LogP contribution in [0.2, 0.25) is 0 Å². The Bertz CT molecular complexity index is 494. The third-order valence-electron chi connectivity index (χ3n) is 1.94. The molecule has 0 spiro atoms. The molecule has 0 aliphatic heterocycles. The molecule has 0 bridgehead atoms. The number of hydrogen-bond donors (Lipinski definition) is 0. The summed E-state index contributed by atoms with van der Waals surface area (Å²) in [6.45, 7) is 0. The summed E-state index contributed by atoms with van der Waals surface area (Å²) in [5.74, 6) is 0. The van der Waals surface area contributed by atoms with Crippen molar-refractivity contribution in [1.29, 1.82) is 5.39 Å². The molecule has 0 aliphatic rings. The highest BCUT2D eigenvalue weighted by atomic mass is 79.9. The van der Waals surface area contributed by atoms with Crippen LogP contribution < -0.4 is 0 Å². The van der Waals surface area contributed by atoms with Crippen molar-refractivity contribution in [3.63, 3.8) is 0 Å². The van der Waals surface area contributed by atoms with E-state index in [2.05, 4.69) is 20.9 Å². The number of fused-ring (bicyclic) bond motifs is 1. The van der Waals surface area contributed by atoms with Gasteiger partial charge in [0.15, 0.2) is 4.98 Å². The van der Waals surface area contributed by atoms with E-state index < -0.39 is 0 Å². The van der Waals surface area contributed by atoms with Gasteiger partial charge in [-0.25, -0.2) is 0 Å². The van der Waals surface area contributed by atoms with E-state index in [-0.39, 0.29) is 0 Å². The molecule has 0 saturated carbocycles. The smallest absolute Gasteiger partial charge is 0.0605 e. The molecule has 0 unspecified atom stereocenters. The van der Waals surface area contributed by atoms with Gasteiger partial charge in [0.1, 0.15) is 0 Å². The van der Waals surface area contributed by atoms with E-state index in [0.717, 1.165) is 15.2 Å².